The lowest BCUT2D eigenvalue weighted by atomic mass is 10.1. The van der Waals surface area contributed by atoms with Gasteiger partial charge in [-0.25, -0.2) is 0 Å². The standard InChI is InChI=1S/C23H19Cl2N3O3/c1-14(29)28(2)21-9-7-20(8-10-21)26-22(30)15-3-5-19(6-4-15)27-23(31)16-11-17(24)13-18(25)12-16/h3-13H,1-2H3,(H,26,30)(H,27,31). The summed E-state index contributed by atoms with van der Waals surface area (Å²) in [6.07, 6.45) is 0. The van der Waals surface area contributed by atoms with Crippen molar-refractivity contribution < 1.29 is 14.4 Å². The van der Waals surface area contributed by atoms with Gasteiger partial charge in [0, 0.05) is 52.2 Å². The van der Waals surface area contributed by atoms with Crippen molar-refractivity contribution in [2.75, 3.05) is 22.6 Å². The maximum atomic E-state index is 12.5. The molecule has 0 fully saturated rings. The third kappa shape index (κ3) is 5.84. The molecule has 0 unspecified atom stereocenters. The molecule has 3 aromatic carbocycles. The van der Waals surface area contributed by atoms with Crippen molar-refractivity contribution in [3.63, 3.8) is 0 Å². The van der Waals surface area contributed by atoms with Crippen LogP contribution < -0.4 is 15.5 Å². The summed E-state index contributed by atoms with van der Waals surface area (Å²) in [5, 5.41) is 6.26. The van der Waals surface area contributed by atoms with Gasteiger partial charge in [0.1, 0.15) is 0 Å². The predicted molar refractivity (Wildman–Crippen MR) is 124 cm³/mol. The Morgan fingerprint density at radius 1 is 0.710 bits per heavy atom. The Kier molecular flexibility index (Phi) is 6.95. The summed E-state index contributed by atoms with van der Waals surface area (Å²) in [6, 6.07) is 18.0. The SMILES string of the molecule is CC(=O)N(C)c1ccc(NC(=O)c2ccc(NC(=O)c3cc(Cl)cc(Cl)c3)cc2)cc1. The number of carbonyl (C=O) groups is 3. The fraction of sp³-hybridized carbons (Fsp3) is 0.0870. The minimum atomic E-state index is -0.364. The first kappa shape index (κ1) is 22.3. The molecule has 0 saturated heterocycles. The van der Waals surface area contributed by atoms with E-state index in [1.807, 2.05) is 0 Å². The average Bonchev–Trinajstić information content (AvgIpc) is 2.73. The molecule has 0 radical (unpaired) electrons. The van der Waals surface area contributed by atoms with Gasteiger partial charge < -0.3 is 15.5 Å². The molecule has 0 bridgehead atoms. The van der Waals surface area contributed by atoms with Crippen LogP contribution in [0.15, 0.2) is 66.7 Å². The Bertz CT molecular complexity index is 1110. The summed E-state index contributed by atoms with van der Waals surface area (Å²) in [7, 11) is 1.68. The highest BCUT2D eigenvalue weighted by molar-refractivity contribution is 6.35. The first-order valence-corrected chi connectivity index (χ1v) is 10.0. The van der Waals surface area contributed by atoms with Crippen molar-refractivity contribution in [1.29, 1.82) is 0 Å². The molecule has 3 amide bonds. The molecular formula is C23H19Cl2N3O3. The first-order chi connectivity index (χ1) is 14.7. The van der Waals surface area contributed by atoms with Crippen molar-refractivity contribution in [3.8, 4) is 0 Å². The highest BCUT2D eigenvalue weighted by Crippen LogP contribution is 2.21. The molecular weight excluding hydrogens is 437 g/mol. The lowest BCUT2D eigenvalue weighted by Gasteiger charge is -2.15. The average molecular weight is 456 g/mol. The fourth-order valence-electron chi connectivity index (χ4n) is 2.75. The van der Waals surface area contributed by atoms with Gasteiger partial charge in [-0.1, -0.05) is 23.2 Å². The van der Waals surface area contributed by atoms with Gasteiger partial charge in [0.2, 0.25) is 5.91 Å². The molecule has 0 aromatic heterocycles. The number of hydrogen-bond donors (Lipinski definition) is 2. The number of nitrogens with one attached hydrogen (secondary N) is 2. The zero-order chi connectivity index (χ0) is 22.5. The molecule has 0 atom stereocenters. The summed E-state index contributed by atoms with van der Waals surface area (Å²) in [6.45, 7) is 1.48. The highest BCUT2D eigenvalue weighted by Gasteiger charge is 2.11. The fourth-order valence-corrected chi connectivity index (χ4v) is 3.27. The second-order valence-electron chi connectivity index (χ2n) is 6.77. The Hall–Kier alpha value is -3.35. The Labute approximate surface area is 189 Å². The van der Waals surface area contributed by atoms with E-state index in [0.717, 1.165) is 5.69 Å². The number of nitrogens with zero attached hydrogens (tertiary/aromatic N) is 1. The van der Waals surface area contributed by atoms with Crippen LogP contribution in [0.2, 0.25) is 10.0 Å². The van der Waals surface area contributed by atoms with Crippen molar-refractivity contribution >= 4 is 58.0 Å². The number of hydrogen-bond acceptors (Lipinski definition) is 3. The van der Waals surface area contributed by atoms with Crippen LogP contribution >= 0.6 is 23.2 Å². The van der Waals surface area contributed by atoms with Crippen LogP contribution in [0.4, 0.5) is 17.1 Å². The number of benzene rings is 3. The molecule has 0 heterocycles. The van der Waals surface area contributed by atoms with E-state index in [0.29, 0.717) is 32.5 Å². The summed E-state index contributed by atoms with van der Waals surface area (Å²) < 4.78 is 0. The summed E-state index contributed by atoms with van der Waals surface area (Å²) >= 11 is 11.9. The minimum Gasteiger partial charge on any atom is -0.322 e. The van der Waals surface area contributed by atoms with E-state index in [1.165, 1.54) is 24.0 Å². The van der Waals surface area contributed by atoms with Gasteiger partial charge in [0.15, 0.2) is 0 Å². The Morgan fingerprint density at radius 2 is 1.16 bits per heavy atom. The van der Waals surface area contributed by atoms with Crippen LogP contribution in [0.1, 0.15) is 27.6 Å². The molecule has 158 valence electrons. The van der Waals surface area contributed by atoms with Crippen LogP contribution in [0, 0.1) is 0 Å². The molecule has 3 aromatic rings. The molecule has 0 spiro atoms. The minimum absolute atomic E-state index is 0.0811. The monoisotopic (exact) mass is 455 g/mol. The van der Waals surface area contributed by atoms with Crippen LogP contribution in [0.25, 0.3) is 0 Å². The van der Waals surface area contributed by atoms with E-state index in [2.05, 4.69) is 10.6 Å². The zero-order valence-electron chi connectivity index (χ0n) is 16.8. The van der Waals surface area contributed by atoms with Crippen LogP contribution in [-0.4, -0.2) is 24.8 Å². The Morgan fingerprint density at radius 3 is 1.65 bits per heavy atom. The molecule has 0 aliphatic carbocycles. The lowest BCUT2D eigenvalue weighted by molar-refractivity contribution is -0.116. The van der Waals surface area contributed by atoms with Gasteiger partial charge in [-0.05, 0) is 66.7 Å². The Balaban J connectivity index is 1.63. The normalized spacial score (nSPS) is 10.3. The molecule has 2 N–H and O–H groups in total. The third-order valence-corrected chi connectivity index (χ3v) is 4.95. The maximum absolute atomic E-state index is 12.5. The molecule has 6 nitrogen and oxygen atoms in total. The zero-order valence-corrected chi connectivity index (χ0v) is 18.3. The van der Waals surface area contributed by atoms with Crippen LogP contribution in [0.3, 0.4) is 0 Å². The molecule has 0 aliphatic rings. The van der Waals surface area contributed by atoms with E-state index in [1.54, 1.807) is 61.6 Å². The van der Waals surface area contributed by atoms with Crippen molar-refractivity contribution in [1.82, 2.24) is 0 Å². The van der Waals surface area contributed by atoms with Crippen LogP contribution in [0.5, 0.6) is 0 Å². The highest BCUT2D eigenvalue weighted by atomic mass is 35.5. The molecule has 31 heavy (non-hydrogen) atoms. The van der Waals surface area contributed by atoms with E-state index in [-0.39, 0.29) is 17.7 Å². The first-order valence-electron chi connectivity index (χ1n) is 9.26. The lowest BCUT2D eigenvalue weighted by Crippen LogP contribution is -2.22. The summed E-state index contributed by atoms with van der Waals surface area (Å²) in [5.74, 6) is -0.744. The van der Waals surface area contributed by atoms with Gasteiger partial charge in [-0.2, -0.15) is 0 Å². The van der Waals surface area contributed by atoms with Gasteiger partial charge in [0.25, 0.3) is 11.8 Å². The molecule has 0 saturated carbocycles. The number of halogens is 2. The van der Waals surface area contributed by atoms with E-state index < -0.39 is 0 Å². The number of amides is 3. The predicted octanol–water partition coefficient (Wildman–Crippen LogP) is 5.48. The topological polar surface area (TPSA) is 78.5 Å². The smallest absolute Gasteiger partial charge is 0.255 e. The second kappa shape index (κ2) is 9.64. The van der Waals surface area contributed by atoms with Crippen LogP contribution in [-0.2, 0) is 4.79 Å². The quantitative estimate of drug-likeness (QED) is 0.534. The second-order valence-corrected chi connectivity index (χ2v) is 7.64. The molecule has 0 aliphatic heterocycles. The number of anilines is 3. The summed E-state index contributed by atoms with van der Waals surface area (Å²) in [4.78, 5) is 37.8. The van der Waals surface area contributed by atoms with E-state index in [4.69, 9.17) is 23.2 Å². The van der Waals surface area contributed by atoms with Crippen molar-refractivity contribution in [3.05, 3.63) is 87.9 Å². The van der Waals surface area contributed by atoms with E-state index in [9.17, 15) is 14.4 Å². The summed E-state index contributed by atoms with van der Waals surface area (Å²) in [5.41, 5.74) is 2.61. The largest absolute Gasteiger partial charge is 0.322 e. The molecule has 3 rings (SSSR count). The van der Waals surface area contributed by atoms with Gasteiger partial charge >= 0.3 is 0 Å². The van der Waals surface area contributed by atoms with E-state index >= 15 is 0 Å². The van der Waals surface area contributed by atoms with Crippen molar-refractivity contribution in [2.45, 2.75) is 6.92 Å². The van der Waals surface area contributed by atoms with Gasteiger partial charge in [-0.15, -0.1) is 0 Å². The number of rotatable bonds is 5. The third-order valence-electron chi connectivity index (χ3n) is 4.51. The number of carbonyl (C=O) groups excluding carboxylic acids is 3. The van der Waals surface area contributed by atoms with Crippen molar-refractivity contribution in [2.24, 2.45) is 0 Å². The van der Waals surface area contributed by atoms with Gasteiger partial charge in [0.05, 0.1) is 0 Å². The van der Waals surface area contributed by atoms with Gasteiger partial charge in [-0.3, -0.25) is 14.4 Å². The molecule has 8 heteroatoms. The maximum Gasteiger partial charge on any atom is 0.255 e.